The molecule has 1 aliphatic rings. The third-order valence-electron chi connectivity index (χ3n) is 3.57. The summed E-state index contributed by atoms with van der Waals surface area (Å²) in [4.78, 5) is 12.1. The quantitative estimate of drug-likeness (QED) is 0.733. The molecule has 0 atom stereocenters. The predicted octanol–water partition coefficient (Wildman–Crippen LogP) is 3.66. The highest BCUT2D eigenvalue weighted by molar-refractivity contribution is 6.05. The van der Waals surface area contributed by atoms with Crippen LogP contribution in [0.15, 0.2) is 30.6 Å². The summed E-state index contributed by atoms with van der Waals surface area (Å²) in [6.07, 6.45) is 6.17. The van der Waals surface area contributed by atoms with E-state index in [2.05, 4.69) is 26.0 Å². The van der Waals surface area contributed by atoms with Crippen molar-refractivity contribution in [1.82, 2.24) is 4.40 Å². The Morgan fingerprint density at radius 3 is 2.65 bits per heavy atom. The van der Waals surface area contributed by atoms with Gasteiger partial charge in [0.05, 0.1) is 5.52 Å². The number of Topliss-reactive ketones (excluding diaryl/α,β-unsaturated/α-hetero) is 1. The number of hydrogen-bond donors (Lipinski definition) is 0. The summed E-state index contributed by atoms with van der Waals surface area (Å²) < 4.78 is 2.04. The lowest BCUT2D eigenvalue weighted by molar-refractivity contribution is 0.0969. The summed E-state index contributed by atoms with van der Waals surface area (Å²) in [5.74, 6) is 1.12. The zero-order chi connectivity index (χ0) is 12.0. The van der Waals surface area contributed by atoms with Gasteiger partial charge in [-0.1, -0.05) is 13.8 Å². The minimum Gasteiger partial charge on any atom is -0.323 e. The van der Waals surface area contributed by atoms with E-state index in [9.17, 15) is 4.79 Å². The number of pyridine rings is 1. The average Bonchev–Trinajstić information content (AvgIpc) is 3.07. The minimum atomic E-state index is 0.295. The lowest BCUT2D eigenvalue weighted by Crippen LogP contribution is -2.01. The van der Waals surface area contributed by atoms with Crippen molar-refractivity contribution in [3.8, 4) is 0 Å². The van der Waals surface area contributed by atoms with Crippen molar-refractivity contribution < 1.29 is 4.79 Å². The molecule has 0 spiro atoms. The van der Waals surface area contributed by atoms with Crippen molar-refractivity contribution in [3.63, 3.8) is 0 Å². The molecule has 2 aromatic rings. The van der Waals surface area contributed by atoms with Crippen molar-refractivity contribution in [2.45, 2.75) is 32.6 Å². The normalized spacial score (nSPS) is 15.7. The van der Waals surface area contributed by atoms with E-state index in [0.717, 1.165) is 23.9 Å². The zero-order valence-corrected chi connectivity index (χ0v) is 10.3. The molecule has 0 saturated heterocycles. The molecular weight excluding hydrogens is 210 g/mol. The summed E-state index contributed by atoms with van der Waals surface area (Å²) in [7, 11) is 0. The lowest BCUT2D eigenvalue weighted by Gasteiger charge is -2.07. The first-order valence-electron chi connectivity index (χ1n) is 6.31. The molecule has 1 aliphatic carbocycles. The summed E-state index contributed by atoms with van der Waals surface area (Å²) >= 11 is 0. The molecule has 2 heterocycles. The predicted molar refractivity (Wildman–Crippen MR) is 68.5 cm³/mol. The standard InChI is InChI=1S/C15H17NO/c1-10(2)12-5-7-16-8-6-13(14(16)9-12)15(17)11-3-4-11/h5-11H,3-4H2,1-2H3. The van der Waals surface area contributed by atoms with Crippen LogP contribution in [0.25, 0.3) is 5.52 Å². The SMILES string of the molecule is CC(C)c1ccn2ccc(C(=O)C3CC3)c2c1. The van der Waals surface area contributed by atoms with Crippen molar-refractivity contribution in [2.24, 2.45) is 5.92 Å². The molecule has 0 bridgehead atoms. The van der Waals surface area contributed by atoms with Crippen LogP contribution in [-0.2, 0) is 0 Å². The molecule has 2 nitrogen and oxygen atoms in total. The second kappa shape index (κ2) is 3.73. The van der Waals surface area contributed by atoms with E-state index >= 15 is 0 Å². The summed E-state index contributed by atoms with van der Waals surface area (Å²) in [5, 5.41) is 0. The third kappa shape index (κ3) is 1.78. The van der Waals surface area contributed by atoms with Gasteiger partial charge in [-0.3, -0.25) is 4.79 Å². The van der Waals surface area contributed by atoms with Gasteiger partial charge < -0.3 is 4.40 Å². The van der Waals surface area contributed by atoms with Crippen LogP contribution in [0.4, 0.5) is 0 Å². The lowest BCUT2D eigenvalue weighted by atomic mass is 10.0. The number of nitrogens with zero attached hydrogens (tertiary/aromatic N) is 1. The maximum atomic E-state index is 12.1. The number of carbonyl (C=O) groups excluding carboxylic acids is 1. The molecule has 17 heavy (non-hydrogen) atoms. The Bertz CT molecular complexity index is 576. The molecule has 2 heteroatoms. The Morgan fingerprint density at radius 2 is 2.00 bits per heavy atom. The van der Waals surface area contributed by atoms with Gasteiger partial charge in [0.25, 0.3) is 0 Å². The molecule has 0 amide bonds. The number of aromatic nitrogens is 1. The third-order valence-corrected chi connectivity index (χ3v) is 3.57. The Balaban J connectivity index is 2.11. The first-order valence-corrected chi connectivity index (χ1v) is 6.31. The monoisotopic (exact) mass is 227 g/mol. The topological polar surface area (TPSA) is 21.5 Å². The fourth-order valence-electron chi connectivity index (χ4n) is 2.25. The van der Waals surface area contributed by atoms with Gasteiger partial charge in [-0.15, -0.1) is 0 Å². The van der Waals surface area contributed by atoms with Crippen LogP contribution >= 0.6 is 0 Å². The number of rotatable bonds is 3. The van der Waals surface area contributed by atoms with Crippen molar-refractivity contribution in [3.05, 3.63) is 41.7 Å². The first-order chi connectivity index (χ1) is 8.16. The molecule has 0 N–H and O–H groups in total. The van der Waals surface area contributed by atoms with Crippen molar-refractivity contribution in [1.29, 1.82) is 0 Å². The van der Waals surface area contributed by atoms with Gasteiger partial charge in [0.15, 0.2) is 5.78 Å². The summed E-state index contributed by atoms with van der Waals surface area (Å²) in [6.45, 7) is 4.36. The van der Waals surface area contributed by atoms with Crippen molar-refractivity contribution >= 4 is 11.3 Å². The van der Waals surface area contributed by atoms with Gasteiger partial charge in [0.2, 0.25) is 0 Å². The molecule has 2 aromatic heterocycles. The van der Waals surface area contributed by atoms with Crippen LogP contribution in [0.2, 0.25) is 0 Å². The fourth-order valence-corrected chi connectivity index (χ4v) is 2.25. The molecule has 0 aromatic carbocycles. The van der Waals surface area contributed by atoms with Gasteiger partial charge in [0, 0.05) is 23.9 Å². The summed E-state index contributed by atoms with van der Waals surface area (Å²) in [5.41, 5.74) is 3.25. The smallest absolute Gasteiger partial charge is 0.168 e. The van der Waals surface area contributed by atoms with E-state index in [-0.39, 0.29) is 0 Å². The Labute approximate surface area is 101 Å². The molecule has 1 saturated carbocycles. The van der Waals surface area contributed by atoms with Crippen LogP contribution in [0.3, 0.4) is 0 Å². The highest BCUT2D eigenvalue weighted by Crippen LogP contribution is 2.34. The molecule has 0 aliphatic heterocycles. The molecule has 3 rings (SSSR count). The highest BCUT2D eigenvalue weighted by Gasteiger charge is 2.31. The number of carbonyl (C=O) groups is 1. The van der Waals surface area contributed by atoms with Crippen molar-refractivity contribution in [2.75, 3.05) is 0 Å². The molecule has 0 unspecified atom stereocenters. The maximum absolute atomic E-state index is 12.1. The number of hydrogen-bond acceptors (Lipinski definition) is 1. The van der Waals surface area contributed by atoms with Crippen LogP contribution in [0.1, 0.15) is 48.5 Å². The zero-order valence-electron chi connectivity index (χ0n) is 10.3. The first kappa shape index (κ1) is 10.6. The van der Waals surface area contributed by atoms with Crippen LogP contribution in [-0.4, -0.2) is 10.2 Å². The Morgan fingerprint density at radius 1 is 1.29 bits per heavy atom. The second-order valence-electron chi connectivity index (χ2n) is 5.28. The van der Waals surface area contributed by atoms with Gasteiger partial charge in [-0.05, 0) is 42.5 Å². The maximum Gasteiger partial charge on any atom is 0.168 e. The molecular formula is C15H17NO. The number of fused-ring (bicyclic) bond motifs is 1. The molecule has 88 valence electrons. The van der Waals surface area contributed by atoms with Gasteiger partial charge in [0.1, 0.15) is 0 Å². The second-order valence-corrected chi connectivity index (χ2v) is 5.28. The minimum absolute atomic E-state index is 0.295. The van der Waals surface area contributed by atoms with E-state index in [4.69, 9.17) is 0 Å². The average molecular weight is 227 g/mol. The molecule has 0 radical (unpaired) electrons. The van der Waals surface area contributed by atoms with E-state index in [0.29, 0.717) is 17.6 Å². The molecule has 1 fully saturated rings. The van der Waals surface area contributed by atoms with E-state index < -0.39 is 0 Å². The van der Waals surface area contributed by atoms with Crippen LogP contribution in [0.5, 0.6) is 0 Å². The van der Waals surface area contributed by atoms with Gasteiger partial charge in [-0.25, -0.2) is 0 Å². The van der Waals surface area contributed by atoms with E-state index in [1.54, 1.807) is 0 Å². The van der Waals surface area contributed by atoms with Crippen LogP contribution < -0.4 is 0 Å². The van der Waals surface area contributed by atoms with E-state index in [1.165, 1.54) is 5.56 Å². The van der Waals surface area contributed by atoms with Gasteiger partial charge in [-0.2, -0.15) is 0 Å². The Hall–Kier alpha value is -1.57. The van der Waals surface area contributed by atoms with Crippen LogP contribution in [0, 0.1) is 5.92 Å². The Kier molecular flexibility index (Phi) is 2.32. The highest BCUT2D eigenvalue weighted by atomic mass is 16.1. The largest absolute Gasteiger partial charge is 0.323 e. The van der Waals surface area contributed by atoms with E-state index in [1.807, 2.05) is 22.9 Å². The number of ketones is 1. The van der Waals surface area contributed by atoms with Gasteiger partial charge >= 0.3 is 0 Å². The summed E-state index contributed by atoms with van der Waals surface area (Å²) in [6, 6.07) is 6.24. The fraction of sp³-hybridized carbons (Fsp3) is 0.400.